The first-order valence-electron chi connectivity index (χ1n) is 11.3. The number of nitrogens with one attached hydrogen (secondary N) is 1. The molecule has 35 heavy (non-hydrogen) atoms. The number of carbonyl (C=O) groups is 2. The van der Waals surface area contributed by atoms with Gasteiger partial charge in [-0.15, -0.1) is 11.3 Å². The molecule has 1 N–H and O–H groups in total. The highest BCUT2D eigenvalue weighted by Gasteiger charge is 2.35. The Hall–Kier alpha value is -3.98. The van der Waals surface area contributed by atoms with Gasteiger partial charge in [0, 0.05) is 22.5 Å². The molecule has 8 nitrogen and oxygen atoms in total. The Bertz CT molecular complexity index is 1460. The molecule has 0 aliphatic carbocycles. The monoisotopic (exact) mass is 487 g/mol. The van der Waals surface area contributed by atoms with Gasteiger partial charge in [-0.1, -0.05) is 30.4 Å². The number of benzene rings is 2. The molecule has 5 rings (SSSR count). The maximum absolute atomic E-state index is 13.5. The van der Waals surface area contributed by atoms with Crippen molar-refractivity contribution in [3.63, 3.8) is 0 Å². The number of anilines is 2. The summed E-state index contributed by atoms with van der Waals surface area (Å²) in [5, 5.41) is 9.66. The fourth-order valence-electron chi connectivity index (χ4n) is 4.08. The van der Waals surface area contributed by atoms with Crippen molar-refractivity contribution in [1.29, 1.82) is 0 Å². The minimum Gasteiger partial charge on any atom is -0.482 e. The Labute approximate surface area is 206 Å². The van der Waals surface area contributed by atoms with Crippen LogP contribution in [0.2, 0.25) is 0 Å². The molecule has 2 aliphatic heterocycles. The van der Waals surface area contributed by atoms with Crippen LogP contribution in [0.15, 0.2) is 70.1 Å². The summed E-state index contributed by atoms with van der Waals surface area (Å²) in [5.41, 5.74) is 5.06. The molecule has 9 heteroatoms. The second-order valence-corrected chi connectivity index (χ2v) is 9.61. The summed E-state index contributed by atoms with van der Waals surface area (Å²) in [6, 6.07) is 13.2. The van der Waals surface area contributed by atoms with E-state index in [4.69, 9.17) is 9.84 Å². The zero-order valence-corrected chi connectivity index (χ0v) is 20.6. The van der Waals surface area contributed by atoms with Gasteiger partial charge in [-0.05, 0) is 45.0 Å². The standard InChI is InChI=1S/C26H25N5O3S/c1-15(2)12-27-26-31(29-24-18-7-5-6-8-20(18)30(16(3)4)25(24)33)21(14-35-26)17-9-10-22-19(11-17)28-23(32)13-34-22/h5-11,14,16H,1,12-13H2,2-4H3,(H,28,32). The summed E-state index contributed by atoms with van der Waals surface area (Å²) >= 11 is 1.43. The number of para-hydroxylation sites is 1. The Kier molecular flexibility index (Phi) is 5.86. The van der Waals surface area contributed by atoms with Crippen molar-refractivity contribution < 1.29 is 14.3 Å². The van der Waals surface area contributed by atoms with Crippen LogP contribution in [0.5, 0.6) is 5.75 Å². The van der Waals surface area contributed by atoms with Crippen molar-refractivity contribution >= 4 is 40.2 Å². The van der Waals surface area contributed by atoms with Crippen LogP contribution in [-0.4, -0.2) is 41.4 Å². The van der Waals surface area contributed by atoms with Crippen LogP contribution < -0.4 is 19.8 Å². The van der Waals surface area contributed by atoms with E-state index in [-0.39, 0.29) is 24.5 Å². The number of fused-ring (bicyclic) bond motifs is 2. The SMILES string of the molecule is C=C(C)CN=c1scc(-c2ccc3c(c2)NC(=O)CO3)n1N=C1C(=O)N(C(C)C)c2ccccc21. The molecule has 0 bridgehead atoms. The largest absolute Gasteiger partial charge is 0.482 e. The smallest absolute Gasteiger partial charge is 0.279 e. The molecule has 3 aromatic rings. The van der Waals surface area contributed by atoms with Crippen LogP contribution in [0.1, 0.15) is 26.3 Å². The van der Waals surface area contributed by atoms with Crippen LogP contribution in [0, 0.1) is 0 Å². The number of hydrogen-bond acceptors (Lipinski definition) is 6. The molecular weight excluding hydrogens is 462 g/mol. The Balaban J connectivity index is 1.69. The van der Waals surface area contributed by atoms with Gasteiger partial charge in [0.05, 0.1) is 23.6 Å². The minimum absolute atomic E-state index is 0.00371. The van der Waals surface area contributed by atoms with E-state index < -0.39 is 0 Å². The molecule has 0 atom stereocenters. The molecule has 1 aromatic heterocycles. The Morgan fingerprint density at radius 2 is 2.03 bits per heavy atom. The van der Waals surface area contributed by atoms with Gasteiger partial charge in [0.25, 0.3) is 11.8 Å². The third-order valence-corrected chi connectivity index (χ3v) is 6.49. The topological polar surface area (TPSA) is 88.3 Å². The molecule has 0 radical (unpaired) electrons. The van der Waals surface area contributed by atoms with E-state index in [1.807, 2.05) is 68.6 Å². The lowest BCUT2D eigenvalue weighted by atomic mass is 10.1. The highest BCUT2D eigenvalue weighted by molar-refractivity contribution is 7.07. The summed E-state index contributed by atoms with van der Waals surface area (Å²) < 4.78 is 7.20. The molecule has 2 amide bonds. The number of nitrogens with zero attached hydrogens (tertiary/aromatic N) is 4. The molecule has 3 heterocycles. The van der Waals surface area contributed by atoms with Crippen LogP contribution in [0.25, 0.3) is 11.3 Å². The third-order valence-electron chi connectivity index (χ3n) is 5.63. The van der Waals surface area contributed by atoms with Crippen LogP contribution in [0.4, 0.5) is 11.4 Å². The van der Waals surface area contributed by atoms with E-state index in [2.05, 4.69) is 16.9 Å². The number of amides is 2. The van der Waals surface area contributed by atoms with Crippen LogP contribution in [-0.2, 0) is 9.59 Å². The molecule has 0 unspecified atom stereocenters. The lowest BCUT2D eigenvalue weighted by Gasteiger charge is -2.21. The number of carbonyl (C=O) groups excluding carboxylic acids is 2. The quantitative estimate of drug-likeness (QED) is 0.551. The Morgan fingerprint density at radius 1 is 1.23 bits per heavy atom. The van der Waals surface area contributed by atoms with Gasteiger partial charge in [0.2, 0.25) is 4.80 Å². The Morgan fingerprint density at radius 3 is 2.80 bits per heavy atom. The van der Waals surface area contributed by atoms with Crippen molar-refractivity contribution in [2.75, 3.05) is 23.4 Å². The highest BCUT2D eigenvalue weighted by Crippen LogP contribution is 2.34. The van der Waals surface area contributed by atoms with E-state index in [0.29, 0.717) is 28.5 Å². The van der Waals surface area contributed by atoms with E-state index in [1.54, 1.807) is 9.58 Å². The molecule has 0 fully saturated rings. The van der Waals surface area contributed by atoms with Crippen molar-refractivity contribution in [2.45, 2.75) is 26.8 Å². The van der Waals surface area contributed by atoms with E-state index >= 15 is 0 Å². The van der Waals surface area contributed by atoms with E-state index in [9.17, 15) is 9.59 Å². The first kappa shape index (κ1) is 22.8. The van der Waals surface area contributed by atoms with Gasteiger partial charge in [-0.25, -0.2) is 4.68 Å². The fourth-order valence-corrected chi connectivity index (χ4v) is 4.91. The molecular formula is C26H25N5O3S. The minimum atomic E-state index is -0.202. The van der Waals surface area contributed by atoms with Gasteiger partial charge in [-0.2, -0.15) is 5.10 Å². The van der Waals surface area contributed by atoms with E-state index in [1.165, 1.54) is 11.3 Å². The fraction of sp³-hybridized carbons (Fsp3) is 0.231. The molecule has 0 saturated carbocycles. The maximum atomic E-state index is 13.5. The number of rotatable bonds is 5. The summed E-state index contributed by atoms with van der Waals surface area (Å²) in [5.74, 6) is 0.260. The second kappa shape index (κ2) is 8.99. The highest BCUT2D eigenvalue weighted by atomic mass is 32.1. The summed E-state index contributed by atoms with van der Waals surface area (Å²) in [7, 11) is 0. The summed E-state index contributed by atoms with van der Waals surface area (Å²) in [4.78, 5) is 32.4. The van der Waals surface area contributed by atoms with Crippen LogP contribution in [0.3, 0.4) is 0 Å². The lowest BCUT2D eigenvalue weighted by molar-refractivity contribution is -0.118. The number of ether oxygens (including phenoxy) is 1. The lowest BCUT2D eigenvalue weighted by Crippen LogP contribution is -2.36. The molecule has 2 aromatic carbocycles. The number of hydrogen-bond donors (Lipinski definition) is 1. The predicted octanol–water partition coefficient (Wildman–Crippen LogP) is 4.03. The van der Waals surface area contributed by atoms with Gasteiger partial charge >= 0.3 is 0 Å². The van der Waals surface area contributed by atoms with Gasteiger partial charge in [0.15, 0.2) is 12.3 Å². The van der Waals surface area contributed by atoms with Gasteiger partial charge in [-0.3, -0.25) is 14.6 Å². The van der Waals surface area contributed by atoms with Gasteiger partial charge < -0.3 is 15.0 Å². The normalized spacial score (nSPS) is 16.4. The average Bonchev–Trinajstić information content (AvgIpc) is 3.35. The van der Waals surface area contributed by atoms with Crippen molar-refractivity contribution in [2.24, 2.45) is 10.1 Å². The second-order valence-electron chi connectivity index (χ2n) is 8.77. The molecule has 0 spiro atoms. The van der Waals surface area contributed by atoms with Crippen molar-refractivity contribution in [1.82, 2.24) is 4.68 Å². The molecule has 2 aliphatic rings. The summed E-state index contributed by atoms with van der Waals surface area (Å²) in [6.07, 6.45) is 0. The average molecular weight is 488 g/mol. The zero-order valence-electron chi connectivity index (χ0n) is 19.7. The maximum Gasteiger partial charge on any atom is 0.279 e. The summed E-state index contributed by atoms with van der Waals surface area (Å²) in [6.45, 7) is 10.3. The van der Waals surface area contributed by atoms with E-state index in [0.717, 1.165) is 28.1 Å². The van der Waals surface area contributed by atoms with Crippen molar-refractivity contribution in [3.8, 4) is 17.0 Å². The first-order chi connectivity index (χ1) is 16.8. The third kappa shape index (κ3) is 4.19. The molecule has 0 saturated heterocycles. The first-order valence-corrected chi connectivity index (χ1v) is 12.2. The predicted molar refractivity (Wildman–Crippen MR) is 138 cm³/mol. The van der Waals surface area contributed by atoms with Gasteiger partial charge in [0.1, 0.15) is 5.75 Å². The molecule has 178 valence electrons. The number of thiazole rings is 1. The van der Waals surface area contributed by atoms with Crippen molar-refractivity contribution in [3.05, 3.63) is 70.4 Å². The zero-order chi connectivity index (χ0) is 24.7. The van der Waals surface area contributed by atoms with Crippen LogP contribution >= 0.6 is 11.3 Å². The number of aromatic nitrogens is 1.